The van der Waals surface area contributed by atoms with E-state index < -0.39 is 23.6 Å². The number of benzene rings is 2. The number of methoxy groups -OCH3 is 3. The first-order valence-electron chi connectivity index (χ1n) is 9.10. The number of ether oxygens (including phenoxy) is 6. The minimum atomic E-state index is -1.15. The lowest BCUT2D eigenvalue weighted by Crippen LogP contribution is -2.25. The third-order valence-corrected chi connectivity index (χ3v) is 5.19. The highest BCUT2D eigenvalue weighted by Gasteiger charge is 2.44. The zero-order chi connectivity index (χ0) is 21.4. The maximum Gasteiger partial charge on any atom is 0.318 e. The van der Waals surface area contributed by atoms with Crippen LogP contribution in [0.25, 0.3) is 0 Å². The van der Waals surface area contributed by atoms with E-state index in [-0.39, 0.29) is 19.1 Å². The molecule has 0 bridgehead atoms. The Bertz CT molecular complexity index is 973. The van der Waals surface area contributed by atoms with Crippen molar-refractivity contribution >= 4 is 11.8 Å². The van der Waals surface area contributed by atoms with Crippen LogP contribution in [0.15, 0.2) is 24.3 Å². The molecule has 2 aromatic carbocycles. The minimum Gasteiger partial charge on any atom is -0.508 e. The molecule has 0 amide bonds. The molecule has 0 aliphatic carbocycles. The largest absolute Gasteiger partial charge is 0.508 e. The molecular formula is C21H20O9. The third kappa shape index (κ3) is 3.12. The van der Waals surface area contributed by atoms with Crippen LogP contribution in [-0.2, 0) is 14.3 Å². The summed E-state index contributed by atoms with van der Waals surface area (Å²) in [5, 5.41) is 10.7. The second-order valence-electron chi connectivity index (χ2n) is 6.75. The highest BCUT2D eigenvalue weighted by Crippen LogP contribution is 2.48. The summed E-state index contributed by atoms with van der Waals surface area (Å²) in [6.45, 7) is -0.312. The zero-order valence-electron chi connectivity index (χ0n) is 16.6. The number of carbonyl (C=O) groups is 2. The number of fused-ring (bicyclic) bond motifs is 1. The van der Waals surface area contributed by atoms with Gasteiger partial charge in [0.25, 0.3) is 0 Å². The molecule has 0 saturated carbocycles. The number of carbonyl (C=O) groups excluding carboxylic acids is 2. The lowest BCUT2D eigenvalue weighted by atomic mass is 9.78. The number of phenols is 1. The van der Waals surface area contributed by atoms with Gasteiger partial charge in [0, 0.05) is 17.5 Å². The number of phenolic OH excluding ortho intramolecular Hbond substituents is 1. The van der Waals surface area contributed by atoms with Gasteiger partial charge in [-0.3, -0.25) is 9.59 Å². The average Bonchev–Trinajstić information content (AvgIpc) is 3.33. The maximum atomic E-state index is 12.6. The van der Waals surface area contributed by atoms with Crippen LogP contribution in [0, 0.1) is 5.92 Å². The molecule has 1 N–H and O–H groups in total. The van der Waals surface area contributed by atoms with Gasteiger partial charge in [0.1, 0.15) is 11.7 Å². The van der Waals surface area contributed by atoms with Crippen molar-refractivity contribution < 1.29 is 43.1 Å². The Kier molecular flexibility index (Phi) is 5.03. The number of esters is 1. The summed E-state index contributed by atoms with van der Waals surface area (Å²) >= 11 is 0. The molecule has 30 heavy (non-hydrogen) atoms. The Balaban J connectivity index is 1.94. The smallest absolute Gasteiger partial charge is 0.318 e. The summed E-state index contributed by atoms with van der Waals surface area (Å²) in [6, 6.07) is 6.22. The van der Waals surface area contributed by atoms with Crippen LogP contribution in [0.1, 0.15) is 17.0 Å². The normalized spacial score (nSPS) is 18.2. The number of Topliss-reactive ketones (excluding diaryl/α,β-unsaturated/α-hetero) is 1. The van der Waals surface area contributed by atoms with Gasteiger partial charge in [-0.05, 0) is 23.8 Å². The highest BCUT2D eigenvalue weighted by molar-refractivity contribution is 6.06. The number of ketones is 1. The van der Waals surface area contributed by atoms with Crippen LogP contribution < -0.4 is 23.7 Å². The lowest BCUT2D eigenvalue weighted by Gasteiger charge is -2.24. The van der Waals surface area contributed by atoms with Crippen LogP contribution in [0.2, 0.25) is 0 Å². The molecule has 2 aromatic rings. The fourth-order valence-corrected chi connectivity index (χ4v) is 3.80. The second kappa shape index (κ2) is 7.66. The molecular weight excluding hydrogens is 396 g/mol. The fourth-order valence-electron chi connectivity index (χ4n) is 3.80. The Hall–Kier alpha value is -3.62. The molecule has 158 valence electrons. The van der Waals surface area contributed by atoms with E-state index in [9.17, 15) is 14.7 Å². The van der Waals surface area contributed by atoms with Crippen LogP contribution in [0.4, 0.5) is 0 Å². The zero-order valence-corrected chi connectivity index (χ0v) is 16.6. The summed E-state index contributed by atoms with van der Waals surface area (Å²) in [7, 11) is 4.39. The van der Waals surface area contributed by atoms with Gasteiger partial charge in [-0.15, -0.1) is 0 Å². The van der Waals surface area contributed by atoms with Crippen molar-refractivity contribution in [1.82, 2.24) is 0 Å². The van der Waals surface area contributed by atoms with Gasteiger partial charge in [0.15, 0.2) is 35.4 Å². The van der Waals surface area contributed by atoms with Crippen molar-refractivity contribution in [3.05, 3.63) is 35.4 Å². The van der Waals surface area contributed by atoms with Crippen LogP contribution in [0.3, 0.4) is 0 Å². The van der Waals surface area contributed by atoms with E-state index >= 15 is 0 Å². The van der Waals surface area contributed by atoms with Crippen molar-refractivity contribution in [2.24, 2.45) is 5.92 Å². The van der Waals surface area contributed by atoms with Gasteiger partial charge < -0.3 is 33.5 Å². The first-order valence-corrected chi connectivity index (χ1v) is 9.10. The first-order chi connectivity index (χ1) is 14.5. The number of rotatable bonds is 6. The van der Waals surface area contributed by atoms with Gasteiger partial charge in [-0.25, -0.2) is 0 Å². The lowest BCUT2D eigenvalue weighted by molar-refractivity contribution is -0.141. The van der Waals surface area contributed by atoms with E-state index in [0.717, 1.165) is 0 Å². The second-order valence-corrected chi connectivity index (χ2v) is 6.75. The number of aromatic hydroxyl groups is 1. The number of cyclic esters (lactones) is 1. The molecule has 2 atom stereocenters. The van der Waals surface area contributed by atoms with E-state index in [4.69, 9.17) is 28.4 Å². The Morgan fingerprint density at radius 2 is 1.57 bits per heavy atom. The van der Waals surface area contributed by atoms with E-state index in [1.807, 2.05) is 0 Å². The van der Waals surface area contributed by atoms with Crippen molar-refractivity contribution in [2.75, 3.05) is 34.7 Å². The molecule has 0 radical (unpaired) electrons. The summed E-state index contributed by atoms with van der Waals surface area (Å²) < 4.78 is 31.9. The van der Waals surface area contributed by atoms with Gasteiger partial charge in [0.2, 0.25) is 12.5 Å². The van der Waals surface area contributed by atoms with Crippen LogP contribution >= 0.6 is 0 Å². The first kappa shape index (κ1) is 19.7. The molecule has 2 aliphatic heterocycles. The standard InChI is InChI=1S/C21H20O9/c1-25-16-4-10(5-17(26-2)20(16)27-3)18(19-13(23)8-28-21(19)24)11-6-14-15(7-12(11)22)30-9-29-14/h4-7,18-19,22H,8-9H2,1-3H3/t18-,19-/m1/s1. The summed E-state index contributed by atoms with van der Waals surface area (Å²) in [5.41, 5.74) is 0.807. The Morgan fingerprint density at radius 1 is 0.933 bits per heavy atom. The highest BCUT2D eigenvalue weighted by atomic mass is 16.7. The Labute approximate surface area is 172 Å². The van der Waals surface area contributed by atoms with Gasteiger partial charge in [-0.2, -0.15) is 0 Å². The molecule has 2 heterocycles. The van der Waals surface area contributed by atoms with Gasteiger partial charge in [0.05, 0.1) is 21.3 Å². The average molecular weight is 416 g/mol. The topological polar surface area (TPSA) is 110 Å². The molecule has 1 fully saturated rings. The summed E-state index contributed by atoms with van der Waals surface area (Å²) in [6.07, 6.45) is 0. The monoisotopic (exact) mass is 416 g/mol. The summed E-state index contributed by atoms with van der Waals surface area (Å²) in [4.78, 5) is 25.1. The van der Waals surface area contributed by atoms with Gasteiger partial charge >= 0.3 is 5.97 Å². The molecule has 0 aromatic heterocycles. The van der Waals surface area contributed by atoms with E-state index in [2.05, 4.69) is 0 Å². The molecule has 4 rings (SSSR count). The SMILES string of the molecule is COc1cc([C@H](c2cc3c(cc2O)OCO3)[C@H]2C(=O)COC2=O)cc(OC)c1OC. The Morgan fingerprint density at radius 3 is 2.10 bits per heavy atom. The molecule has 0 spiro atoms. The van der Waals surface area contributed by atoms with E-state index in [0.29, 0.717) is 39.9 Å². The molecule has 9 nitrogen and oxygen atoms in total. The quantitative estimate of drug-likeness (QED) is 0.559. The predicted octanol–water partition coefficient (Wildman–Crippen LogP) is 2.02. The van der Waals surface area contributed by atoms with Crippen LogP contribution in [0.5, 0.6) is 34.5 Å². The predicted molar refractivity (Wildman–Crippen MR) is 102 cm³/mol. The van der Waals surface area contributed by atoms with Crippen LogP contribution in [-0.4, -0.2) is 51.6 Å². The number of hydrogen-bond donors (Lipinski definition) is 1. The molecule has 0 unspecified atom stereocenters. The van der Waals surface area contributed by atoms with E-state index in [1.54, 1.807) is 18.2 Å². The molecule has 2 aliphatic rings. The minimum absolute atomic E-state index is 0.0114. The van der Waals surface area contributed by atoms with Crippen molar-refractivity contribution in [2.45, 2.75) is 5.92 Å². The van der Waals surface area contributed by atoms with Crippen molar-refractivity contribution in [1.29, 1.82) is 0 Å². The van der Waals surface area contributed by atoms with E-state index in [1.165, 1.54) is 27.4 Å². The third-order valence-electron chi connectivity index (χ3n) is 5.19. The fraction of sp³-hybridized carbons (Fsp3) is 0.333. The molecule has 9 heteroatoms. The van der Waals surface area contributed by atoms with Crippen molar-refractivity contribution in [3.8, 4) is 34.5 Å². The number of hydrogen-bond acceptors (Lipinski definition) is 9. The van der Waals surface area contributed by atoms with Crippen molar-refractivity contribution in [3.63, 3.8) is 0 Å². The maximum absolute atomic E-state index is 12.6. The molecule has 1 saturated heterocycles. The summed E-state index contributed by atoms with van der Waals surface area (Å²) in [5.74, 6) is -1.42. The van der Waals surface area contributed by atoms with Gasteiger partial charge in [-0.1, -0.05) is 0 Å².